The molecule has 0 aliphatic carbocycles. The first-order chi connectivity index (χ1) is 10.6. The quantitative estimate of drug-likeness (QED) is 0.376. The molecule has 0 saturated carbocycles. The number of unbranched alkanes of at least 4 members (excludes halogenated alkanes) is 2. The fourth-order valence-electron chi connectivity index (χ4n) is 2.66. The molecule has 1 aliphatic heterocycles. The van der Waals surface area contributed by atoms with Gasteiger partial charge in [-0.3, -0.25) is 14.3 Å². The molecule has 119 valence electrons. The van der Waals surface area contributed by atoms with E-state index < -0.39 is 17.5 Å². The van der Waals surface area contributed by atoms with E-state index in [1.807, 2.05) is 0 Å². The lowest BCUT2D eigenvalue weighted by Crippen LogP contribution is -2.33. The molecule has 8 nitrogen and oxygen atoms in total. The van der Waals surface area contributed by atoms with Crippen molar-refractivity contribution in [2.75, 3.05) is 0 Å². The first kappa shape index (κ1) is 16.3. The number of aromatic amines is 1. The molecule has 8 heteroatoms. The van der Waals surface area contributed by atoms with Crippen molar-refractivity contribution in [3.05, 3.63) is 50.0 Å². The summed E-state index contributed by atoms with van der Waals surface area (Å²) in [4.78, 5) is 28.5. The Morgan fingerprint density at radius 1 is 1.55 bits per heavy atom. The van der Waals surface area contributed by atoms with Crippen LogP contribution in [0.15, 0.2) is 20.9 Å². The maximum Gasteiger partial charge on any atom is 0.330 e. The van der Waals surface area contributed by atoms with Gasteiger partial charge >= 0.3 is 5.69 Å². The van der Waals surface area contributed by atoms with Gasteiger partial charge in [-0.1, -0.05) is 31.3 Å². The Labute approximate surface area is 127 Å². The van der Waals surface area contributed by atoms with Crippen molar-refractivity contribution in [1.29, 1.82) is 0 Å². The van der Waals surface area contributed by atoms with Crippen molar-refractivity contribution in [3.8, 4) is 0 Å². The summed E-state index contributed by atoms with van der Waals surface area (Å²) in [6, 6.07) is -0.307. The van der Waals surface area contributed by atoms with Gasteiger partial charge in [-0.2, -0.15) is 0 Å². The molecule has 2 heterocycles. The van der Waals surface area contributed by atoms with Gasteiger partial charge in [-0.15, -0.1) is 0 Å². The number of hydrogen-bond acceptors (Lipinski definition) is 4. The molecule has 1 fully saturated rings. The zero-order valence-electron chi connectivity index (χ0n) is 12.6. The SMILES string of the molecule is [CH2]CCCC[C@H]1O[C@@H](n2cc(C)c(=O)[nH]c2=O)C[C@@H]1N=[N+]=[N-]. The van der Waals surface area contributed by atoms with Gasteiger partial charge in [-0.05, 0) is 18.9 Å². The molecule has 0 spiro atoms. The monoisotopic (exact) mass is 306 g/mol. The highest BCUT2D eigenvalue weighted by Gasteiger charge is 2.35. The minimum absolute atomic E-state index is 0.216. The van der Waals surface area contributed by atoms with Gasteiger partial charge in [-0.25, -0.2) is 4.79 Å². The third kappa shape index (κ3) is 3.58. The van der Waals surface area contributed by atoms with E-state index in [0.717, 1.165) is 25.7 Å². The van der Waals surface area contributed by atoms with Crippen molar-refractivity contribution in [2.45, 2.75) is 57.4 Å². The number of H-pyrrole nitrogens is 1. The molecule has 1 saturated heterocycles. The van der Waals surface area contributed by atoms with Gasteiger partial charge in [0.15, 0.2) is 0 Å². The second-order valence-corrected chi connectivity index (χ2v) is 5.47. The van der Waals surface area contributed by atoms with E-state index in [9.17, 15) is 9.59 Å². The molecule has 1 aliphatic rings. The minimum Gasteiger partial charge on any atom is -0.354 e. The molecular weight excluding hydrogens is 286 g/mol. The predicted octanol–water partition coefficient (Wildman–Crippen LogP) is 2.21. The van der Waals surface area contributed by atoms with Crippen LogP contribution in [0.25, 0.3) is 10.4 Å². The van der Waals surface area contributed by atoms with Gasteiger partial charge in [0.25, 0.3) is 5.56 Å². The summed E-state index contributed by atoms with van der Waals surface area (Å²) in [5, 5.41) is 3.78. The van der Waals surface area contributed by atoms with Crippen molar-refractivity contribution in [2.24, 2.45) is 5.11 Å². The number of ether oxygens (including phenoxy) is 1. The Balaban J connectivity index is 2.20. The minimum atomic E-state index is -0.525. The van der Waals surface area contributed by atoms with Crippen LogP contribution in [-0.2, 0) is 4.74 Å². The molecule has 1 aromatic rings. The third-order valence-corrected chi connectivity index (χ3v) is 3.85. The first-order valence-electron chi connectivity index (χ1n) is 7.37. The normalized spacial score (nSPS) is 24.2. The molecule has 1 aromatic heterocycles. The van der Waals surface area contributed by atoms with E-state index in [1.165, 1.54) is 10.8 Å². The van der Waals surface area contributed by atoms with E-state index >= 15 is 0 Å². The molecule has 0 unspecified atom stereocenters. The Bertz CT molecular complexity index is 674. The summed E-state index contributed by atoms with van der Waals surface area (Å²) in [6.07, 6.45) is 4.67. The van der Waals surface area contributed by atoms with Crippen molar-refractivity contribution in [1.82, 2.24) is 9.55 Å². The van der Waals surface area contributed by atoms with Crippen LogP contribution in [0.1, 0.15) is 43.9 Å². The first-order valence-corrected chi connectivity index (χ1v) is 7.37. The summed E-state index contributed by atoms with van der Waals surface area (Å²) < 4.78 is 7.25. The summed E-state index contributed by atoms with van der Waals surface area (Å²) in [5.74, 6) is 0. The van der Waals surface area contributed by atoms with E-state index in [0.29, 0.717) is 12.0 Å². The largest absolute Gasteiger partial charge is 0.354 e. The number of aryl methyl sites for hydroxylation is 1. The Kier molecular flexibility index (Phi) is 5.41. The number of azide groups is 1. The third-order valence-electron chi connectivity index (χ3n) is 3.85. The van der Waals surface area contributed by atoms with Gasteiger partial charge in [0.1, 0.15) is 6.23 Å². The van der Waals surface area contributed by atoms with Crippen LogP contribution in [0.4, 0.5) is 0 Å². The van der Waals surface area contributed by atoms with Crippen molar-refractivity contribution in [3.63, 3.8) is 0 Å². The lowest BCUT2D eigenvalue weighted by Gasteiger charge is -2.16. The highest BCUT2D eigenvalue weighted by Crippen LogP contribution is 2.32. The number of nitrogens with one attached hydrogen (secondary N) is 1. The van der Waals surface area contributed by atoms with Crippen LogP contribution < -0.4 is 11.2 Å². The second kappa shape index (κ2) is 7.29. The van der Waals surface area contributed by atoms with Crippen LogP contribution in [0.2, 0.25) is 0 Å². The van der Waals surface area contributed by atoms with Crippen LogP contribution in [0.5, 0.6) is 0 Å². The molecule has 3 atom stereocenters. The Morgan fingerprint density at radius 3 is 3.00 bits per heavy atom. The van der Waals surface area contributed by atoms with E-state index in [1.54, 1.807) is 6.92 Å². The molecule has 0 aromatic carbocycles. The summed E-state index contributed by atoms with van der Waals surface area (Å²) in [7, 11) is 0. The standard InChI is InChI=1S/C14H20N5O3/c1-3-4-5-6-11-10(17-18-15)7-12(22-11)19-8-9(2)13(20)16-14(19)21/h8,10-12H,1,3-7H2,2H3,(H,16,20,21)/t10-,11+,12+/m0/s1. The molecule has 2 rings (SSSR count). The molecule has 1 radical (unpaired) electrons. The summed E-state index contributed by atoms with van der Waals surface area (Å²) >= 11 is 0. The van der Waals surface area contributed by atoms with Crippen LogP contribution >= 0.6 is 0 Å². The topological polar surface area (TPSA) is 113 Å². The maximum absolute atomic E-state index is 11.9. The fourth-order valence-corrected chi connectivity index (χ4v) is 2.66. The van der Waals surface area contributed by atoms with E-state index in [4.69, 9.17) is 10.3 Å². The predicted molar refractivity (Wildman–Crippen MR) is 81.3 cm³/mol. The van der Waals surface area contributed by atoms with Crippen LogP contribution in [-0.4, -0.2) is 21.7 Å². The number of hydrogen-bond donors (Lipinski definition) is 1. The van der Waals surface area contributed by atoms with E-state index in [-0.39, 0.29) is 12.1 Å². The zero-order chi connectivity index (χ0) is 16.1. The average Bonchev–Trinajstić information content (AvgIpc) is 2.87. The Hall–Kier alpha value is -2.05. The van der Waals surface area contributed by atoms with Gasteiger partial charge in [0, 0.05) is 23.1 Å². The van der Waals surface area contributed by atoms with Gasteiger partial charge < -0.3 is 4.74 Å². The van der Waals surface area contributed by atoms with Gasteiger partial charge in [0.2, 0.25) is 0 Å². The van der Waals surface area contributed by atoms with E-state index in [2.05, 4.69) is 21.9 Å². The van der Waals surface area contributed by atoms with Crippen LogP contribution in [0.3, 0.4) is 0 Å². The van der Waals surface area contributed by atoms with Crippen LogP contribution in [0, 0.1) is 13.8 Å². The van der Waals surface area contributed by atoms with Crippen molar-refractivity contribution < 1.29 is 4.74 Å². The molecule has 1 N–H and O–H groups in total. The second-order valence-electron chi connectivity index (χ2n) is 5.47. The zero-order valence-corrected chi connectivity index (χ0v) is 12.6. The van der Waals surface area contributed by atoms with Gasteiger partial charge in [0.05, 0.1) is 12.1 Å². The fraction of sp³-hybridized carbons (Fsp3) is 0.643. The lowest BCUT2D eigenvalue weighted by atomic mass is 10.0. The summed E-state index contributed by atoms with van der Waals surface area (Å²) in [6.45, 7) is 5.42. The molecule has 0 bridgehead atoms. The smallest absolute Gasteiger partial charge is 0.330 e. The Morgan fingerprint density at radius 2 is 2.32 bits per heavy atom. The average molecular weight is 306 g/mol. The maximum atomic E-state index is 11.9. The lowest BCUT2D eigenvalue weighted by molar-refractivity contribution is -0.00727. The molecular formula is C14H20N5O3. The number of nitrogens with zero attached hydrogens (tertiary/aromatic N) is 4. The number of rotatable bonds is 6. The summed E-state index contributed by atoms with van der Waals surface area (Å²) in [5.41, 5.74) is 8.20. The molecule has 0 amide bonds. The van der Waals surface area contributed by atoms with Crippen molar-refractivity contribution >= 4 is 0 Å². The number of aromatic nitrogens is 2. The highest BCUT2D eigenvalue weighted by molar-refractivity contribution is 5.02. The highest BCUT2D eigenvalue weighted by atomic mass is 16.5. The molecule has 22 heavy (non-hydrogen) atoms.